The normalized spacial score (nSPS) is 16.6. The first-order valence-corrected chi connectivity index (χ1v) is 11.9. The van der Waals surface area contributed by atoms with Crippen LogP contribution in [0.5, 0.6) is 5.75 Å². The number of carbonyl (C=O) groups is 1. The Kier molecular flexibility index (Phi) is 5.63. The summed E-state index contributed by atoms with van der Waals surface area (Å²) in [5.41, 5.74) is 1.71. The molecule has 2 fully saturated rings. The molecule has 4 rings (SSSR count). The Morgan fingerprint density at radius 1 is 1.16 bits per heavy atom. The highest BCUT2D eigenvalue weighted by atomic mass is 32.2. The van der Waals surface area contributed by atoms with Gasteiger partial charge in [-0.15, -0.1) is 0 Å². The van der Waals surface area contributed by atoms with E-state index >= 15 is 0 Å². The van der Waals surface area contributed by atoms with Gasteiger partial charge in [0.25, 0.3) is 10.0 Å². The summed E-state index contributed by atoms with van der Waals surface area (Å²) in [5, 5.41) is 18.7. The summed E-state index contributed by atoms with van der Waals surface area (Å²) in [6.07, 6.45) is 5.67. The van der Waals surface area contributed by atoms with Crippen LogP contribution in [0.3, 0.4) is 0 Å². The molecule has 2 aliphatic rings. The molecule has 0 unspecified atom stereocenters. The summed E-state index contributed by atoms with van der Waals surface area (Å²) in [6, 6.07) is 9.41. The molecule has 0 bridgehead atoms. The van der Waals surface area contributed by atoms with Crippen LogP contribution in [0.15, 0.2) is 35.2 Å². The van der Waals surface area contributed by atoms with Crippen LogP contribution in [-0.4, -0.2) is 25.6 Å². The predicted molar refractivity (Wildman–Crippen MR) is 115 cm³/mol. The van der Waals surface area contributed by atoms with Crippen LogP contribution in [0.25, 0.3) is 0 Å². The molecule has 2 N–H and O–H groups in total. The standard InChI is InChI=1S/C23H24N2O5S/c1-14-10-15(13-24)11-20(22(14)30-18-4-2-3-5-18)25-31(28,29)21-12-17(23(26)27)8-9-19(21)16-6-7-16/h8-12,16,18,25H,2-7H2,1H3,(H,26,27). The van der Waals surface area contributed by atoms with Crippen molar-refractivity contribution >= 4 is 21.7 Å². The van der Waals surface area contributed by atoms with Gasteiger partial charge in [0.15, 0.2) is 0 Å². The highest BCUT2D eigenvalue weighted by Gasteiger charge is 2.32. The first-order valence-electron chi connectivity index (χ1n) is 10.4. The second kappa shape index (κ2) is 8.23. The molecular weight excluding hydrogens is 416 g/mol. The molecule has 0 saturated heterocycles. The number of nitrogens with zero attached hydrogens (tertiary/aromatic N) is 1. The number of nitriles is 1. The van der Waals surface area contributed by atoms with Crippen molar-refractivity contribution in [1.82, 2.24) is 0 Å². The largest absolute Gasteiger partial charge is 0.488 e. The van der Waals surface area contributed by atoms with Gasteiger partial charge in [-0.05, 0) is 86.8 Å². The number of aryl methyl sites for hydroxylation is 1. The van der Waals surface area contributed by atoms with Crippen LogP contribution >= 0.6 is 0 Å². The van der Waals surface area contributed by atoms with Gasteiger partial charge in [-0.3, -0.25) is 4.72 Å². The van der Waals surface area contributed by atoms with Crippen molar-refractivity contribution in [3.8, 4) is 11.8 Å². The predicted octanol–water partition coefficient (Wildman–Crippen LogP) is 4.56. The lowest BCUT2D eigenvalue weighted by molar-refractivity contribution is 0.0696. The molecule has 0 aliphatic heterocycles. The Morgan fingerprint density at radius 2 is 1.87 bits per heavy atom. The van der Waals surface area contributed by atoms with Crippen LogP contribution in [0, 0.1) is 18.3 Å². The van der Waals surface area contributed by atoms with E-state index in [2.05, 4.69) is 10.8 Å². The number of rotatable bonds is 7. The Morgan fingerprint density at radius 3 is 2.48 bits per heavy atom. The van der Waals surface area contributed by atoms with Gasteiger partial charge >= 0.3 is 5.97 Å². The summed E-state index contributed by atoms with van der Waals surface area (Å²) in [6.45, 7) is 1.78. The summed E-state index contributed by atoms with van der Waals surface area (Å²) >= 11 is 0. The van der Waals surface area contributed by atoms with E-state index in [1.54, 1.807) is 19.1 Å². The number of carboxylic acid groups (broad SMARTS) is 1. The second-order valence-electron chi connectivity index (χ2n) is 8.24. The average Bonchev–Trinajstić information content (AvgIpc) is 3.45. The van der Waals surface area contributed by atoms with Gasteiger partial charge in [0.1, 0.15) is 5.75 Å². The average molecular weight is 441 g/mol. The molecule has 162 valence electrons. The number of hydrogen-bond donors (Lipinski definition) is 2. The van der Waals surface area contributed by atoms with Crippen LogP contribution in [0.2, 0.25) is 0 Å². The summed E-state index contributed by atoms with van der Waals surface area (Å²) < 4.78 is 35.5. The third-order valence-electron chi connectivity index (χ3n) is 5.80. The van der Waals surface area contributed by atoms with E-state index in [-0.39, 0.29) is 28.2 Å². The van der Waals surface area contributed by atoms with E-state index in [0.717, 1.165) is 38.5 Å². The zero-order chi connectivity index (χ0) is 22.2. The minimum Gasteiger partial charge on any atom is -0.488 e. The molecule has 0 heterocycles. The Labute approximate surface area is 181 Å². The summed E-state index contributed by atoms with van der Waals surface area (Å²) in [7, 11) is -4.11. The molecule has 2 aliphatic carbocycles. The number of benzene rings is 2. The van der Waals surface area contributed by atoms with Crippen molar-refractivity contribution in [3.63, 3.8) is 0 Å². The van der Waals surface area contributed by atoms with Crippen molar-refractivity contribution in [3.05, 3.63) is 52.6 Å². The third kappa shape index (κ3) is 4.52. The van der Waals surface area contributed by atoms with Crippen molar-refractivity contribution in [2.24, 2.45) is 0 Å². The maximum atomic E-state index is 13.4. The van der Waals surface area contributed by atoms with Crippen LogP contribution < -0.4 is 9.46 Å². The minimum absolute atomic E-state index is 0.00672. The molecule has 0 spiro atoms. The maximum absolute atomic E-state index is 13.4. The lowest BCUT2D eigenvalue weighted by Gasteiger charge is -2.20. The summed E-state index contributed by atoms with van der Waals surface area (Å²) in [4.78, 5) is 11.4. The van der Waals surface area contributed by atoms with E-state index in [9.17, 15) is 23.6 Å². The summed E-state index contributed by atoms with van der Waals surface area (Å²) in [5.74, 6) is -0.668. The lowest BCUT2D eigenvalue weighted by atomic mass is 10.1. The van der Waals surface area contributed by atoms with E-state index in [1.807, 2.05) is 0 Å². The molecular formula is C23H24N2O5S. The van der Waals surface area contributed by atoms with Crippen LogP contribution in [0.4, 0.5) is 5.69 Å². The Bertz CT molecular complexity index is 1170. The van der Waals surface area contributed by atoms with Gasteiger partial charge in [-0.2, -0.15) is 5.26 Å². The van der Waals surface area contributed by atoms with E-state index in [1.165, 1.54) is 18.2 Å². The number of ether oxygens (including phenoxy) is 1. The fourth-order valence-corrected chi connectivity index (χ4v) is 5.45. The van der Waals surface area contributed by atoms with Crippen molar-refractivity contribution in [2.45, 2.75) is 62.4 Å². The van der Waals surface area contributed by atoms with Gasteiger partial charge < -0.3 is 9.84 Å². The fraction of sp³-hybridized carbons (Fsp3) is 0.391. The molecule has 31 heavy (non-hydrogen) atoms. The van der Waals surface area contributed by atoms with Gasteiger partial charge in [0, 0.05) is 0 Å². The minimum atomic E-state index is -4.11. The Hall–Kier alpha value is -3.05. The smallest absolute Gasteiger partial charge is 0.335 e. The number of sulfonamides is 1. The third-order valence-corrected chi connectivity index (χ3v) is 7.22. The number of hydrogen-bond acceptors (Lipinski definition) is 5. The molecule has 8 heteroatoms. The molecule has 2 aromatic rings. The van der Waals surface area contributed by atoms with Crippen LogP contribution in [0.1, 0.15) is 71.5 Å². The molecule has 0 atom stereocenters. The van der Waals surface area contributed by atoms with E-state index in [0.29, 0.717) is 22.4 Å². The van der Waals surface area contributed by atoms with Crippen molar-refractivity contribution in [2.75, 3.05) is 4.72 Å². The molecule has 7 nitrogen and oxygen atoms in total. The first-order chi connectivity index (χ1) is 14.8. The molecule has 2 saturated carbocycles. The van der Waals surface area contributed by atoms with Gasteiger partial charge in [0.2, 0.25) is 0 Å². The van der Waals surface area contributed by atoms with Gasteiger partial charge in [-0.1, -0.05) is 6.07 Å². The Balaban J connectivity index is 1.76. The fourth-order valence-electron chi connectivity index (χ4n) is 4.08. The van der Waals surface area contributed by atoms with E-state index in [4.69, 9.17) is 4.74 Å². The van der Waals surface area contributed by atoms with Crippen molar-refractivity contribution < 1.29 is 23.1 Å². The second-order valence-corrected chi connectivity index (χ2v) is 9.89. The maximum Gasteiger partial charge on any atom is 0.335 e. The number of aromatic carboxylic acids is 1. The van der Waals surface area contributed by atoms with Crippen molar-refractivity contribution in [1.29, 1.82) is 5.26 Å². The van der Waals surface area contributed by atoms with Gasteiger partial charge in [0.05, 0.1) is 33.9 Å². The lowest BCUT2D eigenvalue weighted by Crippen LogP contribution is -2.19. The zero-order valence-electron chi connectivity index (χ0n) is 17.2. The molecule has 2 aromatic carbocycles. The molecule has 0 radical (unpaired) electrons. The van der Waals surface area contributed by atoms with Crippen LogP contribution in [-0.2, 0) is 10.0 Å². The quantitative estimate of drug-likeness (QED) is 0.652. The molecule has 0 aromatic heterocycles. The monoisotopic (exact) mass is 440 g/mol. The highest BCUT2D eigenvalue weighted by molar-refractivity contribution is 7.92. The molecule has 0 amide bonds. The highest BCUT2D eigenvalue weighted by Crippen LogP contribution is 2.44. The van der Waals surface area contributed by atoms with E-state index < -0.39 is 16.0 Å². The number of anilines is 1. The topological polar surface area (TPSA) is 116 Å². The zero-order valence-corrected chi connectivity index (χ0v) is 18.0. The van der Waals surface area contributed by atoms with Gasteiger partial charge in [-0.25, -0.2) is 13.2 Å². The number of nitrogens with one attached hydrogen (secondary N) is 1. The first kappa shape index (κ1) is 21.2. The number of carboxylic acids is 1. The SMILES string of the molecule is Cc1cc(C#N)cc(NS(=O)(=O)c2cc(C(=O)O)ccc2C2CC2)c1OC1CCCC1.